The summed E-state index contributed by atoms with van der Waals surface area (Å²) in [5.74, 6) is 0.420. The van der Waals surface area contributed by atoms with Crippen LogP contribution in [-0.2, 0) is 10.3 Å². The molecule has 8 heteroatoms. The zero-order valence-corrected chi connectivity index (χ0v) is 16.6. The summed E-state index contributed by atoms with van der Waals surface area (Å²) < 4.78 is 19.7. The van der Waals surface area contributed by atoms with E-state index in [0.717, 1.165) is 44.2 Å². The van der Waals surface area contributed by atoms with Gasteiger partial charge in [-0.05, 0) is 62.1 Å². The van der Waals surface area contributed by atoms with Crippen LogP contribution in [0.2, 0.25) is 0 Å². The van der Waals surface area contributed by atoms with E-state index in [0.29, 0.717) is 24.8 Å². The average Bonchev–Trinajstić information content (AvgIpc) is 3.61. The van der Waals surface area contributed by atoms with Gasteiger partial charge in [0.2, 0.25) is 5.91 Å². The van der Waals surface area contributed by atoms with Crippen molar-refractivity contribution >= 4 is 11.9 Å². The van der Waals surface area contributed by atoms with E-state index in [1.165, 1.54) is 18.9 Å². The lowest BCUT2D eigenvalue weighted by molar-refractivity contribution is -0.118. The van der Waals surface area contributed by atoms with Gasteiger partial charge in [-0.25, -0.2) is 14.6 Å². The summed E-state index contributed by atoms with van der Waals surface area (Å²) in [6.07, 6.45) is 7.17. The number of nitrogens with one attached hydrogen (secondary N) is 3. The van der Waals surface area contributed by atoms with Gasteiger partial charge in [-0.2, -0.15) is 0 Å². The van der Waals surface area contributed by atoms with Crippen molar-refractivity contribution in [3.8, 4) is 5.75 Å². The molecule has 2 saturated carbocycles. The summed E-state index contributed by atoms with van der Waals surface area (Å²) >= 11 is 0. The number of halogens is 1. The quantitative estimate of drug-likeness (QED) is 0.283. The number of carbonyl (C=O) groups excluding carboxylic acids is 2. The fourth-order valence-corrected chi connectivity index (χ4v) is 3.60. The number of nitrogens with zero attached hydrogens (tertiary/aromatic N) is 1. The van der Waals surface area contributed by atoms with Crippen LogP contribution in [0.25, 0.3) is 0 Å². The number of urea groups is 1. The Morgan fingerprint density at radius 2 is 2.03 bits per heavy atom. The molecule has 2 aliphatic carbocycles. The summed E-state index contributed by atoms with van der Waals surface area (Å²) in [4.78, 5) is 24.2. The van der Waals surface area contributed by atoms with E-state index < -0.39 is 0 Å². The fourth-order valence-electron chi connectivity index (χ4n) is 3.60. The van der Waals surface area contributed by atoms with Crippen molar-refractivity contribution < 1.29 is 18.7 Å². The molecular formula is C21H29FN4O3. The molecule has 4 rings (SSSR count). The zero-order valence-electron chi connectivity index (χ0n) is 16.6. The van der Waals surface area contributed by atoms with Crippen LogP contribution in [0.1, 0.15) is 50.5 Å². The highest BCUT2D eigenvalue weighted by atomic mass is 19.1. The normalized spacial score (nSPS) is 20.1. The number of hydrogen-bond acceptors (Lipinski definition) is 5. The molecule has 0 radical (unpaired) electrons. The van der Waals surface area contributed by atoms with Gasteiger partial charge in [0.25, 0.3) is 0 Å². The van der Waals surface area contributed by atoms with E-state index in [-0.39, 0.29) is 29.8 Å². The third-order valence-electron chi connectivity index (χ3n) is 5.83. The molecule has 1 aromatic carbocycles. The molecule has 1 aromatic rings. The lowest BCUT2D eigenvalue weighted by Gasteiger charge is -2.20. The number of hydrogen-bond donors (Lipinski definition) is 3. The highest BCUT2D eigenvalue weighted by Crippen LogP contribution is 2.46. The van der Waals surface area contributed by atoms with E-state index in [1.807, 2.05) is 12.1 Å². The molecule has 1 heterocycles. The van der Waals surface area contributed by atoms with E-state index >= 15 is 0 Å². The molecule has 0 atom stereocenters. The maximum Gasteiger partial charge on any atom is 0.324 e. The monoisotopic (exact) mass is 404 g/mol. The Kier molecular flexibility index (Phi) is 6.01. The minimum atomic E-state index is -0.299. The standard InChI is InChI=1S/C21H29FN4O3/c22-17-7-6-16(12-18(17)29-14-15-4-5-15)21(8-9-21)25-23-10-2-1-3-11-26-13-19(27)24-20(26)28/h6-7,12,15,23,25H,1-5,8-11,13-14H2,(H,24,27,28). The molecule has 0 aromatic heterocycles. The number of unbranched alkanes of at least 4 members (excludes halogenated alkanes) is 2. The van der Waals surface area contributed by atoms with Gasteiger partial charge in [-0.1, -0.05) is 12.5 Å². The van der Waals surface area contributed by atoms with Crippen molar-refractivity contribution in [3.05, 3.63) is 29.6 Å². The second kappa shape index (κ2) is 8.67. The highest BCUT2D eigenvalue weighted by molar-refractivity contribution is 6.01. The SMILES string of the molecule is O=C1CN(CCCCCNNC2(c3ccc(F)c(OCC4CC4)c3)CC2)C(=O)N1. The molecule has 0 bridgehead atoms. The predicted molar refractivity (Wildman–Crippen MR) is 106 cm³/mol. The van der Waals surface area contributed by atoms with Crippen LogP contribution in [-0.4, -0.2) is 43.1 Å². The molecule has 0 spiro atoms. The summed E-state index contributed by atoms with van der Waals surface area (Å²) in [5.41, 5.74) is 7.62. The number of carbonyl (C=O) groups is 2. The molecule has 29 heavy (non-hydrogen) atoms. The van der Waals surface area contributed by atoms with Crippen molar-refractivity contribution in [3.63, 3.8) is 0 Å². The Balaban J connectivity index is 1.16. The molecule has 3 fully saturated rings. The van der Waals surface area contributed by atoms with Gasteiger partial charge in [0.1, 0.15) is 6.54 Å². The fraction of sp³-hybridized carbons (Fsp3) is 0.619. The Morgan fingerprint density at radius 3 is 2.72 bits per heavy atom. The third kappa shape index (κ3) is 5.25. The maximum absolute atomic E-state index is 14.0. The van der Waals surface area contributed by atoms with Crippen LogP contribution >= 0.6 is 0 Å². The Labute approximate surface area is 170 Å². The van der Waals surface area contributed by atoms with Crippen LogP contribution in [0.15, 0.2) is 18.2 Å². The summed E-state index contributed by atoms with van der Waals surface area (Å²) in [7, 11) is 0. The molecule has 1 saturated heterocycles. The smallest absolute Gasteiger partial charge is 0.324 e. The van der Waals surface area contributed by atoms with Crippen LogP contribution in [0.4, 0.5) is 9.18 Å². The summed E-state index contributed by atoms with van der Waals surface area (Å²) in [6.45, 7) is 2.19. The maximum atomic E-state index is 14.0. The van der Waals surface area contributed by atoms with Crippen molar-refractivity contribution in [2.75, 3.05) is 26.2 Å². The van der Waals surface area contributed by atoms with Crippen LogP contribution in [0.3, 0.4) is 0 Å². The first-order valence-electron chi connectivity index (χ1n) is 10.6. The number of benzene rings is 1. The first-order chi connectivity index (χ1) is 14.1. The molecule has 7 nitrogen and oxygen atoms in total. The summed E-state index contributed by atoms with van der Waals surface area (Å²) in [6, 6.07) is 4.88. The minimum Gasteiger partial charge on any atom is -0.490 e. The van der Waals surface area contributed by atoms with Crippen molar-refractivity contribution in [2.45, 2.75) is 50.5 Å². The number of hydrazine groups is 1. The molecular weight excluding hydrogens is 375 g/mol. The first kappa shape index (κ1) is 20.1. The van der Waals surface area contributed by atoms with Gasteiger partial charge in [-0.15, -0.1) is 0 Å². The molecule has 1 aliphatic heterocycles. The van der Waals surface area contributed by atoms with Gasteiger partial charge >= 0.3 is 6.03 Å². The van der Waals surface area contributed by atoms with Gasteiger partial charge in [0.15, 0.2) is 11.6 Å². The first-order valence-corrected chi connectivity index (χ1v) is 10.6. The van der Waals surface area contributed by atoms with E-state index in [4.69, 9.17) is 4.74 Å². The second-order valence-electron chi connectivity index (χ2n) is 8.37. The van der Waals surface area contributed by atoms with Crippen LogP contribution < -0.4 is 20.9 Å². The summed E-state index contributed by atoms with van der Waals surface area (Å²) in [5, 5.41) is 2.28. The van der Waals surface area contributed by atoms with E-state index in [9.17, 15) is 14.0 Å². The van der Waals surface area contributed by atoms with Crippen molar-refractivity contribution in [1.82, 2.24) is 21.1 Å². The average molecular weight is 404 g/mol. The minimum absolute atomic E-state index is 0.139. The second-order valence-corrected chi connectivity index (χ2v) is 8.37. The molecule has 3 amide bonds. The number of imide groups is 1. The van der Waals surface area contributed by atoms with Gasteiger partial charge in [0, 0.05) is 13.1 Å². The molecule has 158 valence electrons. The molecule has 3 N–H and O–H groups in total. The number of ether oxygens (including phenoxy) is 1. The van der Waals surface area contributed by atoms with E-state index in [1.54, 1.807) is 4.90 Å². The number of amides is 3. The zero-order chi connectivity index (χ0) is 20.3. The van der Waals surface area contributed by atoms with Crippen LogP contribution in [0.5, 0.6) is 5.75 Å². The Hall–Kier alpha value is -2.19. The van der Waals surface area contributed by atoms with Crippen molar-refractivity contribution in [1.29, 1.82) is 0 Å². The lowest BCUT2D eigenvalue weighted by atomic mass is 10.1. The lowest BCUT2D eigenvalue weighted by Crippen LogP contribution is -2.41. The van der Waals surface area contributed by atoms with Crippen LogP contribution in [0, 0.1) is 11.7 Å². The van der Waals surface area contributed by atoms with Gasteiger partial charge < -0.3 is 9.64 Å². The third-order valence-corrected chi connectivity index (χ3v) is 5.83. The van der Waals surface area contributed by atoms with E-state index in [2.05, 4.69) is 16.2 Å². The number of rotatable bonds is 12. The Bertz CT molecular complexity index is 764. The van der Waals surface area contributed by atoms with Crippen molar-refractivity contribution in [2.24, 2.45) is 5.92 Å². The Morgan fingerprint density at radius 1 is 1.21 bits per heavy atom. The largest absolute Gasteiger partial charge is 0.490 e. The predicted octanol–water partition coefficient (Wildman–Crippen LogP) is 2.42. The topological polar surface area (TPSA) is 82.7 Å². The molecule has 3 aliphatic rings. The van der Waals surface area contributed by atoms with Gasteiger partial charge in [-0.3, -0.25) is 15.5 Å². The van der Waals surface area contributed by atoms with Gasteiger partial charge in [0.05, 0.1) is 12.1 Å². The molecule has 0 unspecified atom stereocenters. The highest BCUT2D eigenvalue weighted by Gasteiger charge is 2.44.